The summed E-state index contributed by atoms with van der Waals surface area (Å²) < 4.78 is 42.3. The summed E-state index contributed by atoms with van der Waals surface area (Å²) >= 11 is 6.00. The Morgan fingerprint density at radius 3 is 2.25 bits per heavy atom. The van der Waals surface area contributed by atoms with Gasteiger partial charge in [0.15, 0.2) is 0 Å². The van der Waals surface area contributed by atoms with Crippen LogP contribution in [0.5, 0.6) is 0 Å². The molecule has 2 rings (SSSR count). The summed E-state index contributed by atoms with van der Waals surface area (Å²) in [5.74, 6) is 0. The molecule has 0 unspecified atom stereocenters. The molecule has 0 aromatic heterocycles. The van der Waals surface area contributed by atoms with E-state index in [4.69, 9.17) is 16.3 Å². The average Bonchev–Trinajstić information content (AvgIpc) is 2.63. The van der Waals surface area contributed by atoms with E-state index in [1.807, 2.05) is 0 Å². The third-order valence-electron chi connectivity index (χ3n) is 2.59. The van der Waals surface area contributed by atoms with Crippen molar-refractivity contribution in [3.05, 3.63) is 35.4 Å². The Bertz CT molecular complexity index is 360. The molecule has 1 aliphatic rings. The normalized spacial score (nSPS) is 26.0. The zero-order chi connectivity index (χ0) is 11.8. The van der Waals surface area contributed by atoms with Crippen molar-refractivity contribution in [1.82, 2.24) is 0 Å². The van der Waals surface area contributed by atoms with Gasteiger partial charge in [-0.05, 0) is 24.1 Å². The van der Waals surface area contributed by atoms with Gasteiger partial charge in [-0.25, -0.2) is 0 Å². The Kier molecular flexibility index (Phi) is 3.13. The molecule has 1 nitrogen and oxygen atoms in total. The van der Waals surface area contributed by atoms with Crippen molar-refractivity contribution in [3.63, 3.8) is 0 Å². The predicted molar refractivity (Wildman–Crippen MR) is 54.4 cm³/mol. The SMILES string of the molecule is FC(F)(F)c1ccc([C@H]2OCC[C@@H]2Cl)cc1. The molecule has 5 heteroatoms. The zero-order valence-corrected chi connectivity index (χ0v) is 9.05. The van der Waals surface area contributed by atoms with Crippen LogP contribution in [0.15, 0.2) is 24.3 Å². The number of ether oxygens (including phenoxy) is 1. The van der Waals surface area contributed by atoms with E-state index in [1.165, 1.54) is 12.1 Å². The quantitative estimate of drug-likeness (QED) is 0.690. The molecule has 1 aromatic carbocycles. The minimum Gasteiger partial charge on any atom is -0.372 e. The first-order valence-corrected chi connectivity index (χ1v) is 5.35. The van der Waals surface area contributed by atoms with Gasteiger partial charge in [-0.2, -0.15) is 13.2 Å². The van der Waals surface area contributed by atoms with Crippen molar-refractivity contribution < 1.29 is 17.9 Å². The van der Waals surface area contributed by atoms with Crippen molar-refractivity contribution in [2.24, 2.45) is 0 Å². The van der Waals surface area contributed by atoms with Gasteiger partial charge in [-0.1, -0.05) is 12.1 Å². The minimum absolute atomic E-state index is 0.156. The first-order chi connectivity index (χ1) is 7.48. The van der Waals surface area contributed by atoms with E-state index in [0.717, 1.165) is 18.6 Å². The molecule has 0 radical (unpaired) electrons. The van der Waals surface area contributed by atoms with Gasteiger partial charge in [0, 0.05) is 6.61 Å². The molecule has 1 fully saturated rings. The van der Waals surface area contributed by atoms with E-state index in [-0.39, 0.29) is 11.5 Å². The second kappa shape index (κ2) is 4.26. The van der Waals surface area contributed by atoms with Crippen LogP contribution in [-0.4, -0.2) is 12.0 Å². The highest BCUT2D eigenvalue weighted by Gasteiger charge is 2.32. The molecule has 1 saturated heterocycles. The molecule has 16 heavy (non-hydrogen) atoms. The molecule has 0 bridgehead atoms. The largest absolute Gasteiger partial charge is 0.416 e. The topological polar surface area (TPSA) is 9.23 Å². The van der Waals surface area contributed by atoms with Crippen LogP contribution in [0.4, 0.5) is 13.2 Å². The molecule has 0 amide bonds. The van der Waals surface area contributed by atoms with E-state index in [1.54, 1.807) is 0 Å². The summed E-state index contributed by atoms with van der Waals surface area (Å²) in [6.07, 6.45) is -3.85. The van der Waals surface area contributed by atoms with Crippen molar-refractivity contribution >= 4 is 11.6 Å². The first-order valence-electron chi connectivity index (χ1n) is 4.91. The molecule has 1 heterocycles. The Morgan fingerprint density at radius 2 is 1.81 bits per heavy atom. The first kappa shape index (κ1) is 11.7. The number of rotatable bonds is 1. The summed E-state index contributed by atoms with van der Waals surface area (Å²) in [5.41, 5.74) is 0.0471. The lowest BCUT2D eigenvalue weighted by Crippen LogP contribution is -2.08. The van der Waals surface area contributed by atoms with Crippen molar-refractivity contribution in [1.29, 1.82) is 0 Å². The van der Waals surface area contributed by atoms with Gasteiger partial charge in [0.1, 0.15) is 0 Å². The van der Waals surface area contributed by atoms with Crippen LogP contribution >= 0.6 is 11.6 Å². The van der Waals surface area contributed by atoms with Crippen molar-refractivity contribution in [3.8, 4) is 0 Å². The third kappa shape index (κ3) is 2.33. The van der Waals surface area contributed by atoms with Gasteiger partial charge in [0.05, 0.1) is 17.0 Å². The molecule has 0 N–H and O–H groups in total. The fourth-order valence-corrected chi connectivity index (χ4v) is 2.04. The molecular weight excluding hydrogens is 241 g/mol. The monoisotopic (exact) mass is 250 g/mol. The number of halogens is 4. The fraction of sp³-hybridized carbons (Fsp3) is 0.455. The summed E-state index contributed by atoms with van der Waals surface area (Å²) in [7, 11) is 0. The smallest absolute Gasteiger partial charge is 0.372 e. The molecule has 1 aromatic rings. The maximum Gasteiger partial charge on any atom is 0.416 e. The number of hydrogen-bond acceptors (Lipinski definition) is 1. The van der Waals surface area contributed by atoms with Gasteiger partial charge in [0.25, 0.3) is 0 Å². The predicted octanol–water partition coefficient (Wildman–Crippen LogP) is 3.77. The Labute approximate surface area is 96.2 Å². The van der Waals surface area contributed by atoms with Crippen LogP contribution in [0.2, 0.25) is 0 Å². The Morgan fingerprint density at radius 1 is 1.19 bits per heavy atom. The minimum atomic E-state index is -4.30. The molecular formula is C11H10ClF3O. The second-order valence-electron chi connectivity index (χ2n) is 3.72. The fourth-order valence-electron chi connectivity index (χ4n) is 1.73. The summed E-state index contributed by atoms with van der Waals surface area (Å²) in [4.78, 5) is 0. The van der Waals surface area contributed by atoms with E-state index in [9.17, 15) is 13.2 Å². The third-order valence-corrected chi connectivity index (χ3v) is 3.03. The van der Waals surface area contributed by atoms with E-state index in [0.29, 0.717) is 12.2 Å². The highest BCUT2D eigenvalue weighted by atomic mass is 35.5. The molecule has 0 saturated carbocycles. The van der Waals surface area contributed by atoms with Crippen LogP contribution in [-0.2, 0) is 10.9 Å². The van der Waals surface area contributed by atoms with Gasteiger partial charge >= 0.3 is 6.18 Å². The van der Waals surface area contributed by atoms with Crippen LogP contribution in [0.1, 0.15) is 23.7 Å². The summed E-state index contributed by atoms with van der Waals surface area (Å²) in [6.45, 7) is 0.555. The van der Waals surface area contributed by atoms with E-state index < -0.39 is 11.7 Å². The lowest BCUT2D eigenvalue weighted by atomic mass is 10.0. The van der Waals surface area contributed by atoms with Crippen LogP contribution < -0.4 is 0 Å². The van der Waals surface area contributed by atoms with Gasteiger partial charge < -0.3 is 4.74 Å². The second-order valence-corrected chi connectivity index (χ2v) is 4.28. The van der Waals surface area contributed by atoms with Gasteiger partial charge in [0.2, 0.25) is 0 Å². The van der Waals surface area contributed by atoms with Gasteiger partial charge in [-0.3, -0.25) is 0 Å². The highest BCUT2D eigenvalue weighted by molar-refractivity contribution is 6.21. The lowest BCUT2D eigenvalue weighted by Gasteiger charge is -2.14. The van der Waals surface area contributed by atoms with Crippen LogP contribution in [0, 0.1) is 0 Å². The van der Waals surface area contributed by atoms with Crippen LogP contribution in [0.3, 0.4) is 0 Å². The zero-order valence-electron chi connectivity index (χ0n) is 8.30. The number of hydrogen-bond donors (Lipinski definition) is 0. The molecule has 2 atom stereocenters. The number of alkyl halides is 4. The standard InChI is InChI=1S/C11H10ClF3O/c12-9-5-6-16-10(9)7-1-3-8(4-2-7)11(13,14)15/h1-4,9-10H,5-6H2/t9-,10+/m0/s1. The molecule has 0 aliphatic carbocycles. The van der Waals surface area contributed by atoms with Crippen LogP contribution in [0.25, 0.3) is 0 Å². The van der Waals surface area contributed by atoms with Crippen molar-refractivity contribution in [2.45, 2.75) is 24.1 Å². The Hall–Kier alpha value is -0.740. The summed E-state index contributed by atoms with van der Waals surface area (Å²) in [6, 6.07) is 4.96. The van der Waals surface area contributed by atoms with E-state index >= 15 is 0 Å². The highest BCUT2D eigenvalue weighted by Crippen LogP contribution is 2.35. The average molecular weight is 251 g/mol. The molecule has 88 valence electrons. The molecule has 1 aliphatic heterocycles. The Balaban J connectivity index is 2.19. The summed E-state index contributed by atoms with van der Waals surface area (Å²) in [5, 5.41) is -0.156. The number of benzene rings is 1. The van der Waals surface area contributed by atoms with Gasteiger partial charge in [-0.15, -0.1) is 11.6 Å². The maximum absolute atomic E-state index is 12.3. The van der Waals surface area contributed by atoms with E-state index in [2.05, 4.69) is 0 Å². The lowest BCUT2D eigenvalue weighted by molar-refractivity contribution is -0.137. The van der Waals surface area contributed by atoms with Crippen molar-refractivity contribution in [2.75, 3.05) is 6.61 Å². The maximum atomic E-state index is 12.3. The molecule has 0 spiro atoms.